The Balaban J connectivity index is 1.74. The Morgan fingerprint density at radius 1 is 1.37 bits per heavy atom. The van der Waals surface area contributed by atoms with Crippen LogP contribution in [0.3, 0.4) is 0 Å². The van der Waals surface area contributed by atoms with Crippen LogP contribution in [0, 0.1) is 18.8 Å². The van der Waals surface area contributed by atoms with E-state index in [1.54, 1.807) is 0 Å². The predicted molar refractivity (Wildman–Crippen MR) is 82.0 cm³/mol. The summed E-state index contributed by atoms with van der Waals surface area (Å²) < 4.78 is 0. The van der Waals surface area contributed by atoms with Gasteiger partial charge in [0.2, 0.25) is 0 Å². The quantitative estimate of drug-likeness (QED) is 0.916. The number of nitrogens with zero attached hydrogens (tertiary/aromatic N) is 2. The highest BCUT2D eigenvalue weighted by Gasteiger charge is 2.37. The first kappa shape index (κ1) is 13.4. The van der Waals surface area contributed by atoms with E-state index < -0.39 is 0 Å². The van der Waals surface area contributed by atoms with Crippen molar-refractivity contribution >= 4 is 16.5 Å². The summed E-state index contributed by atoms with van der Waals surface area (Å²) in [4.78, 5) is 8.77. The van der Waals surface area contributed by atoms with Crippen LogP contribution in [0.5, 0.6) is 0 Å². The van der Waals surface area contributed by atoms with Crippen molar-refractivity contribution in [1.82, 2.24) is 10.3 Å². The summed E-state index contributed by atoms with van der Waals surface area (Å²) in [5.74, 6) is 1.89. The molecule has 3 atom stereocenters. The minimum absolute atomic E-state index is 0.429. The summed E-state index contributed by atoms with van der Waals surface area (Å²) in [5, 5.41) is 4.75. The van der Waals surface area contributed by atoms with Gasteiger partial charge in [-0.25, -0.2) is 4.98 Å². The molecule has 0 radical (unpaired) electrons. The standard InChI is InChI=1S/C15H25N3S/c1-4-16-10(2)14-11(3)17-15(19-14)18-8-12-6-5-7-13(12)9-18/h10,12-13,16H,4-9H2,1-3H3. The number of aromatic nitrogens is 1. The molecule has 106 valence electrons. The van der Waals surface area contributed by atoms with E-state index in [1.165, 1.54) is 48.1 Å². The molecule has 0 amide bonds. The number of anilines is 1. The summed E-state index contributed by atoms with van der Waals surface area (Å²) in [7, 11) is 0. The first-order valence-electron chi connectivity index (χ1n) is 7.64. The molecule has 2 heterocycles. The number of rotatable bonds is 4. The molecule has 3 nitrogen and oxygen atoms in total. The third-order valence-electron chi connectivity index (χ3n) is 4.72. The molecule has 3 unspecified atom stereocenters. The van der Waals surface area contributed by atoms with Crippen LogP contribution in [-0.4, -0.2) is 24.6 Å². The summed E-state index contributed by atoms with van der Waals surface area (Å²) in [6, 6.07) is 0.429. The topological polar surface area (TPSA) is 28.2 Å². The minimum atomic E-state index is 0.429. The minimum Gasteiger partial charge on any atom is -0.348 e. The highest BCUT2D eigenvalue weighted by atomic mass is 32.1. The molecule has 1 aliphatic heterocycles. The molecule has 4 heteroatoms. The molecule has 1 aromatic heterocycles. The molecule has 19 heavy (non-hydrogen) atoms. The van der Waals surface area contributed by atoms with Crippen LogP contribution in [0.15, 0.2) is 0 Å². The molecule has 3 rings (SSSR count). The van der Waals surface area contributed by atoms with Crippen LogP contribution >= 0.6 is 11.3 Å². The van der Waals surface area contributed by atoms with Gasteiger partial charge in [0.25, 0.3) is 0 Å². The zero-order valence-electron chi connectivity index (χ0n) is 12.3. The van der Waals surface area contributed by atoms with Crippen LogP contribution in [0.2, 0.25) is 0 Å². The molecule has 0 spiro atoms. The van der Waals surface area contributed by atoms with E-state index in [9.17, 15) is 0 Å². The Morgan fingerprint density at radius 3 is 2.68 bits per heavy atom. The normalized spacial score (nSPS) is 27.8. The van der Waals surface area contributed by atoms with Gasteiger partial charge in [-0.05, 0) is 45.1 Å². The van der Waals surface area contributed by atoms with Crippen molar-refractivity contribution in [3.63, 3.8) is 0 Å². The maximum Gasteiger partial charge on any atom is 0.185 e. The number of aryl methyl sites for hydroxylation is 1. The van der Waals surface area contributed by atoms with Crippen molar-refractivity contribution in [2.75, 3.05) is 24.5 Å². The highest BCUT2D eigenvalue weighted by molar-refractivity contribution is 7.15. The lowest BCUT2D eigenvalue weighted by Crippen LogP contribution is -2.20. The second kappa shape index (κ2) is 5.41. The molecule has 1 saturated heterocycles. The van der Waals surface area contributed by atoms with Crippen molar-refractivity contribution in [2.24, 2.45) is 11.8 Å². The lowest BCUT2D eigenvalue weighted by Gasteiger charge is -2.15. The number of thiazole rings is 1. The number of hydrogen-bond donors (Lipinski definition) is 1. The van der Waals surface area contributed by atoms with E-state index in [0.717, 1.165) is 18.4 Å². The third kappa shape index (κ3) is 2.52. The molecule has 1 N–H and O–H groups in total. The van der Waals surface area contributed by atoms with Crippen LogP contribution in [-0.2, 0) is 0 Å². The van der Waals surface area contributed by atoms with Crippen molar-refractivity contribution in [3.8, 4) is 0 Å². The zero-order valence-corrected chi connectivity index (χ0v) is 13.1. The van der Waals surface area contributed by atoms with E-state index in [2.05, 4.69) is 31.0 Å². The fourth-order valence-corrected chi connectivity index (χ4v) is 4.83. The van der Waals surface area contributed by atoms with Gasteiger partial charge in [0.05, 0.1) is 5.69 Å². The molecule has 2 fully saturated rings. The van der Waals surface area contributed by atoms with E-state index in [0.29, 0.717) is 6.04 Å². The molecule has 1 aliphatic carbocycles. The zero-order chi connectivity index (χ0) is 13.4. The largest absolute Gasteiger partial charge is 0.348 e. The monoisotopic (exact) mass is 279 g/mol. The molecule has 2 aliphatic rings. The van der Waals surface area contributed by atoms with E-state index in [4.69, 9.17) is 4.98 Å². The average Bonchev–Trinajstić information content (AvgIpc) is 3.01. The highest BCUT2D eigenvalue weighted by Crippen LogP contribution is 2.41. The Labute approximate surface area is 120 Å². The van der Waals surface area contributed by atoms with Gasteiger partial charge < -0.3 is 10.2 Å². The van der Waals surface area contributed by atoms with Crippen molar-refractivity contribution in [2.45, 2.75) is 46.1 Å². The van der Waals surface area contributed by atoms with Gasteiger partial charge in [-0.15, -0.1) is 11.3 Å². The van der Waals surface area contributed by atoms with Gasteiger partial charge in [-0.2, -0.15) is 0 Å². The van der Waals surface area contributed by atoms with Gasteiger partial charge in [-0.3, -0.25) is 0 Å². The van der Waals surface area contributed by atoms with Crippen LogP contribution in [0.25, 0.3) is 0 Å². The molecule has 1 aromatic rings. The van der Waals surface area contributed by atoms with Gasteiger partial charge in [-0.1, -0.05) is 13.3 Å². The Hall–Kier alpha value is -0.610. The Kier molecular flexibility index (Phi) is 3.81. The lowest BCUT2D eigenvalue weighted by molar-refractivity contribution is 0.494. The summed E-state index contributed by atoms with van der Waals surface area (Å²) in [6.07, 6.45) is 4.32. The number of nitrogens with one attached hydrogen (secondary N) is 1. The second-order valence-electron chi connectivity index (χ2n) is 6.08. The summed E-state index contributed by atoms with van der Waals surface area (Å²) >= 11 is 1.90. The number of fused-ring (bicyclic) bond motifs is 1. The van der Waals surface area contributed by atoms with E-state index in [-0.39, 0.29) is 0 Å². The van der Waals surface area contributed by atoms with Gasteiger partial charge in [0, 0.05) is 24.0 Å². The first-order valence-corrected chi connectivity index (χ1v) is 8.46. The summed E-state index contributed by atoms with van der Waals surface area (Å²) in [6.45, 7) is 10.1. The molecule has 0 aromatic carbocycles. The number of hydrogen-bond acceptors (Lipinski definition) is 4. The molecular formula is C15H25N3S. The average molecular weight is 279 g/mol. The predicted octanol–water partition coefficient (Wildman–Crippen LogP) is 3.36. The SMILES string of the molecule is CCNC(C)c1sc(N2CC3CCCC3C2)nc1C. The fraction of sp³-hybridized carbons (Fsp3) is 0.800. The maximum atomic E-state index is 4.83. The maximum absolute atomic E-state index is 4.83. The molecular weight excluding hydrogens is 254 g/mol. The van der Waals surface area contributed by atoms with Crippen LogP contribution in [0.4, 0.5) is 5.13 Å². The van der Waals surface area contributed by atoms with Crippen LogP contribution < -0.4 is 10.2 Å². The van der Waals surface area contributed by atoms with E-state index in [1.807, 2.05) is 11.3 Å². The van der Waals surface area contributed by atoms with Gasteiger partial charge in [0.15, 0.2) is 5.13 Å². The lowest BCUT2D eigenvalue weighted by atomic mass is 10.0. The Bertz CT molecular complexity index is 431. The second-order valence-corrected chi connectivity index (χ2v) is 7.09. The molecule has 0 bridgehead atoms. The molecule has 1 saturated carbocycles. The van der Waals surface area contributed by atoms with Crippen molar-refractivity contribution in [3.05, 3.63) is 10.6 Å². The third-order valence-corrected chi connectivity index (χ3v) is 6.12. The van der Waals surface area contributed by atoms with Gasteiger partial charge in [0.1, 0.15) is 0 Å². The fourth-order valence-electron chi connectivity index (χ4n) is 3.72. The van der Waals surface area contributed by atoms with Crippen LogP contribution in [0.1, 0.15) is 49.7 Å². The first-order chi connectivity index (χ1) is 9.19. The van der Waals surface area contributed by atoms with E-state index >= 15 is 0 Å². The Morgan fingerprint density at radius 2 is 2.05 bits per heavy atom. The van der Waals surface area contributed by atoms with Gasteiger partial charge >= 0.3 is 0 Å². The van der Waals surface area contributed by atoms with Crippen molar-refractivity contribution in [1.29, 1.82) is 0 Å². The summed E-state index contributed by atoms with van der Waals surface area (Å²) in [5.41, 5.74) is 1.21. The smallest absolute Gasteiger partial charge is 0.185 e. The van der Waals surface area contributed by atoms with Crippen molar-refractivity contribution < 1.29 is 0 Å².